The molecular weight excluding hydrogens is 384 g/mol. The van der Waals surface area contributed by atoms with Gasteiger partial charge in [-0.25, -0.2) is 4.98 Å². The van der Waals surface area contributed by atoms with Gasteiger partial charge in [0.05, 0.1) is 5.39 Å². The Morgan fingerprint density at radius 1 is 1.04 bits per heavy atom. The van der Waals surface area contributed by atoms with Gasteiger partial charge >= 0.3 is 0 Å². The second-order valence-electron chi connectivity index (χ2n) is 5.51. The number of hydrogen-bond acceptors (Lipinski definition) is 3. The minimum absolute atomic E-state index is 0.0786. The Bertz CT molecular complexity index is 1050. The molecule has 118 valence electrons. The van der Waals surface area contributed by atoms with Crippen LogP contribution in [0.25, 0.3) is 21.3 Å². The molecule has 3 nitrogen and oxygen atoms in total. The maximum absolute atomic E-state index is 12.6. The maximum Gasteiger partial charge on any atom is 0.260 e. The quantitative estimate of drug-likeness (QED) is 0.529. The van der Waals surface area contributed by atoms with Gasteiger partial charge in [0.2, 0.25) is 0 Å². The highest BCUT2D eigenvalue weighted by Crippen LogP contribution is 2.31. The SMILES string of the molecule is O=c1[nH]c(Cc2ccccc2)nc2scc(-c3ccc(Br)cc3)c12. The molecule has 0 atom stereocenters. The van der Waals surface area contributed by atoms with Crippen molar-refractivity contribution < 1.29 is 0 Å². The summed E-state index contributed by atoms with van der Waals surface area (Å²) in [6, 6.07) is 18.0. The highest BCUT2D eigenvalue weighted by molar-refractivity contribution is 9.10. The standard InChI is InChI=1S/C19H13BrN2OS/c20-14-8-6-13(7-9-14)15-11-24-19-17(15)18(23)21-16(22-19)10-12-4-2-1-3-5-12/h1-9,11H,10H2,(H,21,22,23). The second kappa shape index (κ2) is 6.34. The topological polar surface area (TPSA) is 45.8 Å². The van der Waals surface area contributed by atoms with Crippen LogP contribution in [0.1, 0.15) is 11.4 Å². The molecule has 0 radical (unpaired) electrons. The second-order valence-corrected chi connectivity index (χ2v) is 7.29. The van der Waals surface area contributed by atoms with Gasteiger partial charge in [0, 0.05) is 21.8 Å². The number of H-pyrrole nitrogens is 1. The molecule has 2 aromatic heterocycles. The normalized spacial score (nSPS) is 11.0. The van der Waals surface area contributed by atoms with Gasteiger partial charge in [-0.05, 0) is 23.3 Å². The van der Waals surface area contributed by atoms with E-state index in [0.717, 1.165) is 26.0 Å². The molecule has 0 fully saturated rings. The lowest BCUT2D eigenvalue weighted by molar-refractivity contribution is 0.977. The van der Waals surface area contributed by atoms with Crippen molar-refractivity contribution in [2.75, 3.05) is 0 Å². The zero-order valence-electron chi connectivity index (χ0n) is 12.6. The zero-order chi connectivity index (χ0) is 16.5. The summed E-state index contributed by atoms with van der Waals surface area (Å²) in [6.45, 7) is 0. The molecule has 0 unspecified atom stereocenters. The van der Waals surface area contributed by atoms with Crippen LogP contribution < -0.4 is 5.56 Å². The first-order chi connectivity index (χ1) is 11.7. The highest BCUT2D eigenvalue weighted by atomic mass is 79.9. The van der Waals surface area contributed by atoms with Crippen molar-refractivity contribution in [1.82, 2.24) is 9.97 Å². The van der Waals surface area contributed by atoms with Crippen LogP contribution in [-0.2, 0) is 6.42 Å². The molecule has 0 saturated heterocycles. The average molecular weight is 397 g/mol. The van der Waals surface area contributed by atoms with Gasteiger partial charge in [-0.1, -0.05) is 58.4 Å². The first kappa shape index (κ1) is 15.3. The fourth-order valence-electron chi connectivity index (χ4n) is 2.71. The Hall–Kier alpha value is -2.24. The minimum atomic E-state index is -0.0786. The van der Waals surface area contributed by atoms with Crippen molar-refractivity contribution in [3.63, 3.8) is 0 Å². The summed E-state index contributed by atoms with van der Waals surface area (Å²) < 4.78 is 1.02. The van der Waals surface area contributed by atoms with Crippen LogP contribution in [0.15, 0.2) is 69.2 Å². The molecule has 0 aliphatic rings. The van der Waals surface area contributed by atoms with Gasteiger partial charge in [0.15, 0.2) is 0 Å². The van der Waals surface area contributed by atoms with Gasteiger partial charge in [0.1, 0.15) is 10.7 Å². The lowest BCUT2D eigenvalue weighted by Crippen LogP contribution is -2.11. The van der Waals surface area contributed by atoms with E-state index in [9.17, 15) is 4.79 Å². The van der Waals surface area contributed by atoms with Gasteiger partial charge in [-0.15, -0.1) is 11.3 Å². The molecule has 0 bridgehead atoms. The molecule has 1 N–H and O–H groups in total. The van der Waals surface area contributed by atoms with Gasteiger partial charge < -0.3 is 4.98 Å². The van der Waals surface area contributed by atoms with E-state index in [1.54, 1.807) is 0 Å². The Morgan fingerprint density at radius 3 is 2.54 bits per heavy atom. The summed E-state index contributed by atoms with van der Waals surface area (Å²) in [5.41, 5.74) is 3.00. The molecule has 0 amide bonds. The summed E-state index contributed by atoms with van der Waals surface area (Å²) in [5, 5.41) is 2.67. The number of halogens is 1. The molecule has 2 aromatic carbocycles. The van der Waals surface area contributed by atoms with Gasteiger partial charge in [0.25, 0.3) is 5.56 Å². The summed E-state index contributed by atoms with van der Waals surface area (Å²) >= 11 is 4.95. The van der Waals surface area contributed by atoms with E-state index in [2.05, 4.69) is 25.9 Å². The zero-order valence-corrected chi connectivity index (χ0v) is 15.0. The smallest absolute Gasteiger partial charge is 0.260 e. The van der Waals surface area contributed by atoms with Gasteiger partial charge in [-0.2, -0.15) is 0 Å². The van der Waals surface area contributed by atoms with Crippen LogP contribution in [0.5, 0.6) is 0 Å². The predicted molar refractivity (Wildman–Crippen MR) is 103 cm³/mol. The van der Waals surface area contributed by atoms with Crippen molar-refractivity contribution in [3.8, 4) is 11.1 Å². The first-order valence-corrected chi connectivity index (χ1v) is 9.18. The molecule has 0 aliphatic heterocycles. The molecule has 2 heterocycles. The van der Waals surface area contributed by atoms with E-state index in [4.69, 9.17) is 0 Å². The fraction of sp³-hybridized carbons (Fsp3) is 0.0526. The molecule has 4 aromatic rings. The van der Waals surface area contributed by atoms with Crippen molar-refractivity contribution in [1.29, 1.82) is 0 Å². The molecule has 0 spiro atoms. The molecule has 4 rings (SSSR count). The van der Waals surface area contributed by atoms with E-state index < -0.39 is 0 Å². The van der Waals surface area contributed by atoms with Crippen LogP contribution in [0.2, 0.25) is 0 Å². The third-order valence-corrected chi connectivity index (χ3v) is 5.26. The first-order valence-electron chi connectivity index (χ1n) is 7.51. The lowest BCUT2D eigenvalue weighted by Gasteiger charge is -2.03. The summed E-state index contributed by atoms with van der Waals surface area (Å²) in [7, 11) is 0. The van der Waals surface area contributed by atoms with Crippen molar-refractivity contribution in [2.24, 2.45) is 0 Å². The summed E-state index contributed by atoms with van der Waals surface area (Å²) in [6.07, 6.45) is 0.623. The van der Waals surface area contributed by atoms with Gasteiger partial charge in [-0.3, -0.25) is 4.79 Å². The number of thiophene rings is 1. The molecule has 0 aliphatic carbocycles. The van der Waals surface area contributed by atoms with E-state index in [0.29, 0.717) is 17.6 Å². The molecular formula is C19H13BrN2OS. The molecule has 5 heteroatoms. The van der Waals surface area contributed by atoms with Crippen LogP contribution >= 0.6 is 27.3 Å². The Labute approximate surface area is 151 Å². The van der Waals surface area contributed by atoms with Crippen molar-refractivity contribution in [2.45, 2.75) is 6.42 Å². The van der Waals surface area contributed by atoms with Crippen LogP contribution in [0.3, 0.4) is 0 Å². The average Bonchev–Trinajstić information content (AvgIpc) is 3.01. The largest absolute Gasteiger partial charge is 0.310 e. The van der Waals surface area contributed by atoms with E-state index in [-0.39, 0.29) is 5.56 Å². The summed E-state index contributed by atoms with van der Waals surface area (Å²) in [5.74, 6) is 0.697. The minimum Gasteiger partial charge on any atom is -0.310 e. The molecule has 0 saturated carbocycles. The number of aromatic nitrogens is 2. The number of nitrogens with one attached hydrogen (secondary N) is 1. The number of aromatic amines is 1. The Balaban J connectivity index is 1.78. The van der Waals surface area contributed by atoms with Crippen LogP contribution in [-0.4, -0.2) is 9.97 Å². The van der Waals surface area contributed by atoms with E-state index >= 15 is 0 Å². The number of nitrogens with zero attached hydrogens (tertiary/aromatic N) is 1. The van der Waals surface area contributed by atoms with Crippen LogP contribution in [0.4, 0.5) is 0 Å². The number of rotatable bonds is 3. The fourth-order valence-corrected chi connectivity index (χ4v) is 3.94. The van der Waals surface area contributed by atoms with Crippen molar-refractivity contribution in [3.05, 3.63) is 86.2 Å². The maximum atomic E-state index is 12.6. The lowest BCUT2D eigenvalue weighted by atomic mass is 10.1. The highest BCUT2D eigenvalue weighted by Gasteiger charge is 2.13. The monoisotopic (exact) mass is 396 g/mol. The number of hydrogen-bond donors (Lipinski definition) is 1. The number of benzene rings is 2. The third-order valence-electron chi connectivity index (χ3n) is 3.86. The Kier molecular flexibility index (Phi) is 4.04. The predicted octanol–water partition coefficient (Wildman–Crippen LogP) is 5.00. The van der Waals surface area contributed by atoms with E-state index in [1.807, 2.05) is 60.0 Å². The number of fused-ring (bicyclic) bond motifs is 1. The summed E-state index contributed by atoms with van der Waals surface area (Å²) in [4.78, 5) is 21.0. The van der Waals surface area contributed by atoms with Crippen molar-refractivity contribution >= 4 is 37.5 Å². The van der Waals surface area contributed by atoms with Crippen LogP contribution in [0, 0.1) is 0 Å². The van der Waals surface area contributed by atoms with E-state index in [1.165, 1.54) is 11.3 Å². The third kappa shape index (κ3) is 2.92. The Morgan fingerprint density at radius 2 is 1.79 bits per heavy atom. The molecule has 24 heavy (non-hydrogen) atoms.